The molecule has 94 valence electrons. The van der Waals surface area contributed by atoms with E-state index in [2.05, 4.69) is 5.32 Å². The summed E-state index contributed by atoms with van der Waals surface area (Å²) in [6, 6.07) is 4.46. The Balaban J connectivity index is 2.35. The SMILES string of the molecule is Cc1cc(CNCC(N)CC(=O)O)ccc1F. The van der Waals surface area contributed by atoms with Crippen LogP contribution in [-0.2, 0) is 11.3 Å². The fourth-order valence-electron chi connectivity index (χ4n) is 1.52. The van der Waals surface area contributed by atoms with Gasteiger partial charge in [0.2, 0.25) is 0 Å². The average molecular weight is 240 g/mol. The van der Waals surface area contributed by atoms with Gasteiger partial charge in [0.1, 0.15) is 5.82 Å². The van der Waals surface area contributed by atoms with Crippen molar-refractivity contribution in [3.63, 3.8) is 0 Å². The van der Waals surface area contributed by atoms with Crippen molar-refractivity contribution in [1.29, 1.82) is 0 Å². The summed E-state index contributed by atoms with van der Waals surface area (Å²) in [7, 11) is 0. The Labute approximate surface area is 99.6 Å². The molecule has 0 amide bonds. The molecule has 1 aromatic rings. The van der Waals surface area contributed by atoms with Gasteiger partial charge >= 0.3 is 5.97 Å². The zero-order valence-corrected chi connectivity index (χ0v) is 9.74. The summed E-state index contributed by atoms with van der Waals surface area (Å²) < 4.78 is 13.0. The number of carbonyl (C=O) groups is 1. The number of aryl methyl sites for hydroxylation is 1. The summed E-state index contributed by atoms with van der Waals surface area (Å²) >= 11 is 0. The standard InChI is InChI=1S/C12H17FN2O2/c1-8-4-9(2-3-11(8)13)6-15-7-10(14)5-12(16)17/h2-4,10,15H,5-7,14H2,1H3,(H,16,17). The van der Waals surface area contributed by atoms with Gasteiger partial charge in [-0.15, -0.1) is 0 Å². The molecule has 0 aliphatic heterocycles. The highest BCUT2D eigenvalue weighted by Gasteiger charge is 2.07. The van der Waals surface area contributed by atoms with E-state index in [1.54, 1.807) is 19.1 Å². The Morgan fingerprint density at radius 2 is 2.29 bits per heavy atom. The lowest BCUT2D eigenvalue weighted by Gasteiger charge is -2.10. The lowest BCUT2D eigenvalue weighted by molar-refractivity contribution is -0.137. The topological polar surface area (TPSA) is 75.3 Å². The van der Waals surface area contributed by atoms with Crippen LogP contribution in [-0.4, -0.2) is 23.7 Å². The van der Waals surface area contributed by atoms with E-state index in [0.29, 0.717) is 18.7 Å². The largest absolute Gasteiger partial charge is 0.481 e. The normalized spacial score (nSPS) is 12.4. The molecule has 4 N–H and O–H groups in total. The summed E-state index contributed by atoms with van der Waals surface area (Å²) in [5.41, 5.74) is 7.14. The van der Waals surface area contributed by atoms with Gasteiger partial charge in [-0.3, -0.25) is 4.79 Å². The van der Waals surface area contributed by atoms with E-state index in [1.165, 1.54) is 6.07 Å². The first-order valence-electron chi connectivity index (χ1n) is 5.42. The summed E-state index contributed by atoms with van der Waals surface area (Å²) in [4.78, 5) is 10.4. The van der Waals surface area contributed by atoms with Crippen molar-refractivity contribution in [2.75, 3.05) is 6.54 Å². The number of hydrogen-bond acceptors (Lipinski definition) is 3. The molecule has 1 aromatic carbocycles. The maximum atomic E-state index is 13.0. The van der Waals surface area contributed by atoms with Gasteiger partial charge in [-0.1, -0.05) is 12.1 Å². The molecule has 1 atom stereocenters. The van der Waals surface area contributed by atoms with Crippen LogP contribution in [0, 0.1) is 12.7 Å². The molecule has 5 heteroatoms. The maximum absolute atomic E-state index is 13.0. The molecular formula is C12H17FN2O2. The zero-order chi connectivity index (χ0) is 12.8. The van der Waals surface area contributed by atoms with Crippen molar-refractivity contribution in [1.82, 2.24) is 5.32 Å². The monoisotopic (exact) mass is 240 g/mol. The fourth-order valence-corrected chi connectivity index (χ4v) is 1.52. The van der Waals surface area contributed by atoms with Gasteiger partial charge in [-0.2, -0.15) is 0 Å². The van der Waals surface area contributed by atoms with E-state index in [1.807, 2.05) is 0 Å². The number of benzene rings is 1. The molecule has 17 heavy (non-hydrogen) atoms. The van der Waals surface area contributed by atoms with Crippen molar-refractivity contribution >= 4 is 5.97 Å². The maximum Gasteiger partial charge on any atom is 0.304 e. The van der Waals surface area contributed by atoms with Gasteiger partial charge in [-0.05, 0) is 24.1 Å². The molecule has 0 radical (unpaired) electrons. The van der Waals surface area contributed by atoms with Gasteiger partial charge in [0, 0.05) is 19.1 Å². The molecule has 0 aromatic heterocycles. The molecule has 0 aliphatic rings. The van der Waals surface area contributed by atoms with Gasteiger partial charge in [0.25, 0.3) is 0 Å². The number of nitrogens with two attached hydrogens (primary N) is 1. The van der Waals surface area contributed by atoms with Crippen molar-refractivity contribution in [3.8, 4) is 0 Å². The molecule has 0 fully saturated rings. The van der Waals surface area contributed by atoms with E-state index in [9.17, 15) is 9.18 Å². The van der Waals surface area contributed by atoms with Crippen LogP contribution in [0.5, 0.6) is 0 Å². The minimum absolute atomic E-state index is 0.0601. The first-order chi connectivity index (χ1) is 7.99. The van der Waals surface area contributed by atoms with Crippen molar-refractivity contribution in [2.24, 2.45) is 5.73 Å². The molecule has 0 spiro atoms. The highest BCUT2D eigenvalue weighted by Crippen LogP contribution is 2.08. The number of nitrogens with one attached hydrogen (secondary N) is 1. The molecule has 1 rings (SSSR count). The molecule has 0 aliphatic carbocycles. The lowest BCUT2D eigenvalue weighted by Crippen LogP contribution is -2.35. The number of carboxylic acids is 1. The third-order valence-electron chi connectivity index (χ3n) is 2.39. The summed E-state index contributed by atoms with van der Waals surface area (Å²) in [5.74, 6) is -1.13. The van der Waals surface area contributed by atoms with E-state index in [-0.39, 0.29) is 12.2 Å². The number of rotatable bonds is 6. The fraction of sp³-hybridized carbons (Fsp3) is 0.417. The van der Waals surface area contributed by atoms with Gasteiger partial charge < -0.3 is 16.2 Å². The van der Waals surface area contributed by atoms with E-state index >= 15 is 0 Å². The van der Waals surface area contributed by atoms with Crippen molar-refractivity contribution < 1.29 is 14.3 Å². The Hall–Kier alpha value is -1.46. The predicted octanol–water partition coefficient (Wildman–Crippen LogP) is 1.03. The third kappa shape index (κ3) is 4.93. The molecule has 0 saturated carbocycles. The number of aliphatic carboxylic acids is 1. The van der Waals surface area contributed by atoms with E-state index in [4.69, 9.17) is 10.8 Å². The Kier molecular flexibility index (Phi) is 5.06. The number of carboxylic acid groups (broad SMARTS) is 1. The van der Waals surface area contributed by atoms with Crippen LogP contribution in [0.25, 0.3) is 0 Å². The van der Waals surface area contributed by atoms with Crippen LogP contribution in [0.15, 0.2) is 18.2 Å². The van der Waals surface area contributed by atoms with Crippen LogP contribution in [0.1, 0.15) is 17.5 Å². The first-order valence-corrected chi connectivity index (χ1v) is 5.42. The van der Waals surface area contributed by atoms with Crippen LogP contribution in [0.3, 0.4) is 0 Å². The summed E-state index contributed by atoms with van der Waals surface area (Å²) in [6.07, 6.45) is -0.0601. The highest BCUT2D eigenvalue weighted by atomic mass is 19.1. The van der Waals surface area contributed by atoms with Crippen molar-refractivity contribution in [2.45, 2.75) is 25.9 Å². The van der Waals surface area contributed by atoms with Crippen LogP contribution >= 0.6 is 0 Å². The lowest BCUT2D eigenvalue weighted by atomic mass is 10.1. The minimum Gasteiger partial charge on any atom is -0.481 e. The second-order valence-corrected chi connectivity index (χ2v) is 4.07. The predicted molar refractivity (Wildman–Crippen MR) is 63.1 cm³/mol. The minimum atomic E-state index is -0.906. The molecule has 1 unspecified atom stereocenters. The molecule has 0 bridgehead atoms. The quantitative estimate of drug-likeness (QED) is 0.694. The van der Waals surface area contributed by atoms with Crippen LogP contribution in [0.2, 0.25) is 0 Å². The number of halogens is 1. The first kappa shape index (κ1) is 13.6. The third-order valence-corrected chi connectivity index (χ3v) is 2.39. The molecule has 0 saturated heterocycles. The van der Waals surface area contributed by atoms with E-state index in [0.717, 1.165) is 5.56 Å². The van der Waals surface area contributed by atoms with Gasteiger partial charge in [0.05, 0.1) is 6.42 Å². The Morgan fingerprint density at radius 1 is 1.59 bits per heavy atom. The highest BCUT2D eigenvalue weighted by molar-refractivity contribution is 5.67. The van der Waals surface area contributed by atoms with E-state index < -0.39 is 12.0 Å². The smallest absolute Gasteiger partial charge is 0.304 e. The second kappa shape index (κ2) is 6.32. The summed E-state index contributed by atoms with van der Waals surface area (Å²) in [5, 5.41) is 11.6. The van der Waals surface area contributed by atoms with Crippen LogP contribution < -0.4 is 11.1 Å². The van der Waals surface area contributed by atoms with Crippen LogP contribution in [0.4, 0.5) is 4.39 Å². The molecular weight excluding hydrogens is 223 g/mol. The second-order valence-electron chi connectivity index (χ2n) is 4.07. The molecule has 0 heterocycles. The zero-order valence-electron chi connectivity index (χ0n) is 9.74. The molecule has 4 nitrogen and oxygen atoms in total. The van der Waals surface area contributed by atoms with Crippen molar-refractivity contribution in [3.05, 3.63) is 35.1 Å². The van der Waals surface area contributed by atoms with Gasteiger partial charge in [0.15, 0.2) is 0 Å². The summed E-state index contributed by atoms with van der Waals surface area (Å²) in [6.45, 7) is 2.67. The number of hydrogen-bond donors (Lipinski definition) is 3. The average Bonchev–Trinajstić information content (AvgIpc) is 2.22. The van der Waals surface area contributed by atoms with Gasteiger partial charge in [-0.25, -0.2) is 4.39 Å². The Bertz CT molecular complexity index is 396. The Morgan fingerprint density at radius 3 is 2.88 bits per heavy atom.